The van der Waals surface area contributed by atoms with Gasteiger partial charge in [-0.05, 0) is 69.4 Å². The van der Waals surface area contributed by atoms with Crippen molar-refractivity contribution < 1.29 is 17.9 Å². The molecule has 1 aromatic heterocycles. The van der Waals surface area contributed by atoms with Gasteiger partial charge in [0.05, 0.1) is 28.0 Å². The van der Waals surface area contributed by atoms with E-state index in [1.54, 1.807) is 17.0 Å². The summed E-state index contributed by atoms with van der Waals surface area (Å²) in [5.74, 6) is 0.0632. The third-order valence-corrected chi connectivity index (χ3v) is 8.08. The third kappa shape index (κ3) is 6.66. The number of halogens is 1. The second-order valence-corrected chi connectivity index (χ2v) is 11.1. The van der Waals surface area contributed by atoms with Crippen molar-refractivity contribution in [2.45, 2.75) is 25.2 Å². The molecule has 3 rings (SSSR count). The maximum absolute atomic E-state index is 13.2. The van der Waals surface area contributed by atoms with E-state index in [4.69, 9.17) is 9.72 Å². The summed E-state index contributed by atoms with van der Waals surface area (Å²) in [5.41, 5.74) is 3.09. The molecule has 0 atom stereocenters. The number of likely N-dealkylation sites (N-methyl/N-ethyl adjacent to an activating group) is 1. The minimum Gasteiger partial charge on any atom is -0.497 e. The molecule has 2 aromatic carbocycles. The highest BCUT2D eigenvalue weighted by atomic mass is 35.5. The number of thiazole rings is 1. The van der Waals surface area contributed by atoms with Gasteiger partial charge >= 0.3 is 0 Å². The summed E-state index contributed by atoms with van der Waals surface area (Å²) < 4.78 is 31.6. The molecule has 180 valence electrons. The number of hydrogen-bond acceptors (Lipinski definition) is 7. The van der Waals surface area contributed by atoms with Gasteiger partial charge < -0.3 is 9.64 Å². The van der Waals surface area contributed by atoms with Crippen LogP contribution in [0.2, 0.25) is 0 Å². The van der Waals surface area contributed by atoms with Crippen LogP contribution < -0.4 is 9.64 Å². The summed E-state index contributed by atoms with van der Waals surface area (Å²) in [6.07, 6.45) is -0.115. The Kier molecular flexibility index (Phi) is 9.25. The summed E-state index contributed by atoms with van der Waals surface area (Å²) >= 11 is 1.47. The molecule has 0 fully saturated rings. The van der Waals surface area contributed by atoms with Crippen molar-refractivity contribution in [1.29, 1.82) is 0 Å². The SMILES string of the molecule is COc1ccc(S(=O)(=O)CCC(=O)N(CCN(C)C)c2nc3cc(C)cc(C)c3s2)cc1.Cl. The predicted molar refractivity (Wildman–Crippen MR) is 137 cm³/mol. The van der Waals surface area contributed by atoms with Crippen molar-refractivity contribution in [2.24, 2.45) is 0 Å². The normalized spacial score (nSPS) is 11.5. The maximum Gasteiger partial charge on any atom is 0.229 e. The summed E-state index contributed by atoms with van der Waals surface area (Å²) in [5, 5.41) is 0.599. The van der Waals surface area contributed by atoms with E-state index in [-0.39, 0.29) is 35.4 Å². The number of aromatic nitrogens is 1. The molecule has 0 spiro atoms. The molecule has 0 aliphatic rings. The molecule has 3 aromatic rings. The first-order valence-corrected chi connectivity index (χ1v) is 12.8. The average molecular weight is 512 g/mol. The van der Waals surface area contributed by atoms with E-state index in [2.05, 4.69) is 6.07 Å². The van der Waals surface area contributed by atoms with E-state index in [1.165, 1.54) is 30.6 Å². The van der Waals surface area contributed by atoms with Gasteiger partial charge in [0.15, 0.2) is 15.0 Å². The number of methoxy groups -OCH3 is 1. The van der Waals surface area contributed by atoms with E-state index >= 15 is 0 Å². The summed E-state index contributed by atoms with van der Waals surface area (Å²) in [6.45, 7) is 5.13. The zero-order valence-electron chi connectivity index (χ0n) is 19.5. The van der Waals surface area contributed by atoms with Crippen molar-refractivity contribution in [2.75, 3.05) is 44.9 Å². The highest BCUT2D eigenvalue weighted by Gasteiger charge is 2.23. The monoisotopic (exact) mass is 511 g/mol. The predicted octanol–water partition coefficient (Wildman–Crippen LogP) is 4.10. The molecule has 0 unspecified atom stereocenters. The second kappa shape index (κ2) is 11.3. The number of anilines is 1. The lowest BCUT2D eigenvalue weighted by molar-refractivity contribution is -0.118. The number of hydrogen-bond donors (Lipinski definition) is 0. The highest BCUT2D eigenvalue weighted by molar-refractivity contribution is 7.91. The maximum atomic E-state index is 13.2. The van der Waals surface area contributed by atoms with Gasteiger partial charge in [0.1, 0.15) is 5.75 Å². The molecule has 10 heteroatoms. The van der Waals surface area contributed by atoms with Crippen LogP contribution in [-0.4, -0.2) is 64.3 Å². The van der Waals surface area contributed by atoms with Crippen LogP contribution in [-0.2, 0) is 14.6 Å². The molecular weight excluding hydrogens is 482 g/mol. The number of fused-ring (bicyclic) bond motifs is 1. The van der Waals surface area contributed by atoms with Crippen LogP contribution in [0, 0.1) is 13.8 Å². The largest absolute Gasteiger partial charge is 0.497 e. The van der Waals surface area contributed by atoms with Crippen LogP contribution in [0.15, 0.2) is 41.3 Å². The van der Waals surface area contributed by atoms with Crippen LogP contribution in [0.25, 0.3) is 10.2 Å². The van der Waals surface area contributed by atoms with Crippen LogP contribution in [0.1, 0.15) is 17.5 Å². The molecule has 0 N–H and O–H groups in total. The number of aryl methyl sites for hydroxylation is 2. The standard InChI is InChI=1S/C23H29N3O4S2.ClH/c1-16-14-17(2)22-20(15-16)24-23(31-22)26(12-11-25(3)4)21(27)10-13-32(28,29)19-8-6-18(30-5)7-9-19;/h6-9,14-15H,10-13H2,1-5H3;1H. The third-order valence-electron chi connectivity index (χ3n) is 5.11. The average Bonchev–Trinajstić information content (AvgIpc) is 3.16. The zero-order chi connectivity index (χ0) is 23.5. The molecule has 0 aliphatic heterocycles. The van der Waals surface area contributed by atoms with Gasteiger partial charge in [-0.3, -0.25) is 9.69 Å². The Morgan fingerprint density at radius 1 is 1.09 bits per heavy atom. The van der Waals surface area contributed by atoms with Gasteiger partial charge in [0, 0.05) is 19.5 Å². The Labute approximate surface area is 205 Å². The summed E-state index contributed by atoms with van der Waals surface area (Å²) in [4.78, 5) is 21.6. The van der Waals surface area contributed by atoms with Crippen LogP contribution in [0.3, 0.4) is 0 Å². The van der Waals surface area contributed by atoms with Crippen molar-refractivity contribution in [3.63, 3.8) is 0 Å². The Hall–Kier alpha value is -2.20. The Balaban J connectivity index is 0.00000385. The van der Waals surface area contributed by atoms with E-state index in [0.29, 0.717) is 24.0 Å². The zero-order valence-corrected chi connectivity index (χ0v) is 21.9. The van der Waals surface area contributed by atoms with E-state index in [9.17, 15) is 13.2 Å². The van der Waals surface area contributed by atoms with Gasteiger partial charge in [-0.15, -0.1) is 12.4 Å². The van der Waals surface area contributed by atoms with Crippen LogP contribution in [0.5, 0.6) is 5.75 Å². The van der Waals surface area contributed by atoms with Crippen LogP contribution >= 0.6 is 23.7 Å². The van der Waals surface area contributed by atoms with Gasteiger partial charge in [-0.1, -0.05) is 17.4 Å². The number of sulfone groups is 1. The molecule has 33 heavy (non-hydrogen) atoms. The number of carbonyl (C=O) groups is 1. The quantitative estimate of drug-likeness (QED) is 0.430. The second-order valence-electron chi connectivity index (χ2n) is 8.02. The first-order chi connectivity index (χ1) is 15.1. The van der Waals surface area contributed by atoms with Gasteiger partial charge in [-0.2, -0.15) is 0 Å². The van der Waals surface area contributed by atoms with Crippen molar-refractivity contribution >= 4 is 54.8 Å². The Bertz CT molecular complexity index is 1210. The molecule has 0 radical (unpaired) electrons. The number of rotatable bonds is 9. The van der Waals surface area contributed by atoms with Crippen LogP contribution in [0.4, 0.5) is 5.13 Å². The van der Waals surface area contributed by atoms with Gasteiger partial charge in [0.2, 0.25) is 5.91 Å². The fourth-order valence-corrected chi connectivity index (χ4v) is 5.65. The first kappa shape index (κ1) is 27.0. The molecule has 0 bridgehead atoms. The number of amides is 1. The highest BCUT2D eigenvalue weighted by Crippen LogP contribution is 2.32. The Morgan fingerprint density at radius 2 is 1.76 bits per heavy atom. The number of nitrogens with zero attached hydrogens (tertiary/aromatic N) is 3. The fourth-order valence-electron chi connectivity index (χ4n) is 3.36. The molecule has 0 saturated carbocycles. The van der Waals surface area contributed by atoms with Crippen molar-refractivity contribution in [3.8, 4) is 5.75 Å². The molecular formula is C23H30ClN3O4S2. The van der Waals surface area contributed by atoms with E-state index in [0.717, 1.165) is 21.3 Å². The summed E-state index contributed by atoms with van der Waals surface area (Å²) in [7, 11) is 1.79. The molecule has 0 aliphatic carbocycles. The van der Waals surface area contributed by atoms with Crippen molar-refractivity contribution in [1.82, 2.24) is 9.88 Å². The van der Waals surface area contributed by atoms with E-state index < -0.39 is 9.84 Å². The fraction of sp³-hybridized carbons (Fsp3) is 0.391. The number of carbonyl (C=O) groups excluding carboxylic acids is 1. The molecule has 1 heterocycles. The Morgan fingerprint density at radius 3 is 2.36 bits per heavy atom. The van der Waals surface area contributed by atoms with Gasteiger partial charge in [-0.25, -0.2) is 13.4 Å². The van der Waals surface area contributed by atoms with Crippen molar-refractivity contribution in [3.05, 3.63) is 47.5 Å². The molecule has 7 nitrogen and oxygen atoms in total. The minimum absolute atomic E-state index is 0. The lowest BCUT2D eigenvalue weighted by atomic mass is 10.1. The summed E-state index contributed by atoms with van der Waals surface area (Å²) in [6, 6.07) is 10.3. The van der Waals surface area contributed by atoms with E-state index in [1.807, 2.05) is 38.9 Å². The van der Waals surface area contributed by atoms with Gasteiger partial charge in [0.25, 0.3) is 0 Å². The molecule has 1 amide bonds. The smallest absolute Gasteiger partial charge is 0.229 e. The number of ether oxygens (including phenoxy) is 1. The minimum atomic E-state index is -3.59. The lowest BCUT2D eigenvalue weighted by Gasteiger charge is -2.22. The molecule has 0 saturated heterocycles. The topological polar surface area (TPSA) is 79.8 Å². The lowest BCUT2D eigenvalue weighted by Crippen LogP contribution is -2.37. The number of benzene rings is 2. The first-order valence-electron chi connectivity index (χ1n) is 10.3.